The lowest BCUT2D eigenvalue weighted by Crippen LogP contribution is -2.38. The molecule has 1 heterocycles. The smallest absolute Gasteiger partial charge is 0.260 e. The second-order valence-corrected chi connectivity index (χ2v) is 6.68. The second kappa shape index (κ2) is 8.88. The van der Waals surface area contributed by atoms with Crippen molar-refractivity contribution < 1.29 is 9.53 Å². The molecule has 25 heavy (non-hydrogen) atoms. The summed E-state index contributed by atoms with van der Waals surface area (Å²) >= 11 is 5.94. The zero-order chi connectivity index (χ0) is 17.5. The minimum Gasteiger partial charge on any atom is -0.484 e. The molecule has 1 fully saturated rings. The van der Waals surface area contributed by atoms with Crippen molar-refractivity contribution in [1.82, 2.24) is 9.80 Å². The van der Waals surface area contributed by atoms with Crippen molar-refractivity contribution in [3.05, 3.63) is 65.2 Å². The van der Waals surface area contributed by atoms with Crippen molar-refractivity contribution in [3.63, 3.8) is 0 Å². The molecule has 1 amide bonds. The summed E-state index contributed by atoms with van der Waals surface area (Å²) in [6.07, 6.45) is 0.977. The maximum atomic E-state index is 12.4. The quantitative estimate of drug-likeness (QED) is 0.820. The summed E-state index contributed by atoms with van der Waals surface area (Å²) in [5.74, 6) is 0.784. The van der Waals surface area contributed by atoms with Crippen LogP contribution in [0.15, 0.2) is 54.6 Å². The number of ether oxygens (including phenoxy) is 1. The molecule has 1 aliphatic heterocycles. The van der Waals surface area contributed by atoms with Crippen LogP contribution >= 0.6 is 11.6 Å². The number of amides is 1. The van der Waals surface area contributed by atoms with Gasteiger partial charge >= 0.3 is 0 Å². The van der Waals surface area contributed by atoms with Crippen molar-refractivity contribution in [2.24, 2.45) is 0 Å². The molecule has 1 aliphatic rings. The number of carbonyl (C=O) groups excluding carboxylic acids is 1. The number of hydrogen-bond acceptors (Lipinski definition) is 3. The molecule has 0 aromatic heterocycles. The lowest BCUT2D eigenvalue weighted by molar-refractivity contribution is -0.133. The molecule has 1 saturated heterocycles. The fraction of sp³-hybridized carbons (Fsp3) is 0.350. The second-order valence-electron chi connectivity index (χ2n) is 6.24. The van der Waals surface area contributed by atoms with E-state index in [0.29, 0.717) is 0 Å². The molecule has 0 unspecified atom stereocenters. The third-order valence-electron chi connectivity index (χ3n) is 4.37. The standard InChI is InChI=1S/C20H23ClN2O2/c21-18-9-7-17(8-10-18)15-22-11-4-12-23(14-13-22)20(24)16-25-19-5-2-1-3-6-19/h1-3,5-10H,4,11-16H2. The maximum absolute atomic E-state index is 12.4. The van der Waals surface area contributed by atoms with Gasteiger partial charge in [-0.1, -0.05) is 41.9 Å². The van der Waals surface area contributed by atoms with Gasteiger partial charge in [0.1, 0.15) is 5.75 Å². The zero-order valence-corrected chi connectivity index (χ0v) is 15.0. The highest BCUT2D eigenvalue weighted by Crippen LogP contribution is 2.14. The molecule has 0 saturated carbocycles. The maximum Gasteiger partial charge on any atom is 0.260 e. The molecule has 0 N–H and O–H groups in total. The normalized spacial score (nSPS) is 15.6. The van der Waals surface area contributed by atoms with Gasteiger partial charge < -0.3 is 9.64 Å². The van der Waals surface area contributed by atoms with Crippen LogP contribution in [0, 0.1) is 0 Å². The molecule has 0 radical (unpaired) electrons. The fourth-order valence-electron chi connectivity index (χ4n) is 2.98. The summed E-state index contributed by atoms with van der Waals surface area (Å²) in [7, 11) is 0. The number of benzene rings is 2. The number of para-hydroxylation sites is 1. The van der Waals surface area contributed by atoms with Gasteiger partial charge in [0, 0.05) is 37.7 Å². The van der Waals surface area contributed by atoms with Crippen molar-refractivity contribution in [2.75, 3.05) is 32.8 Å². The van der Waals surface area contributed by atoms with E-state index in [4.69, 9.17) is 16.3 Å². The summed E-state index contributed by atoms with van der Waals surface area (Å²) in [4.78, 5) is 16.7. The van der Waals surface area contributed by atoms with Crippen LogP contribution in [0.25, 0.3) is 0 Å². The Morgan fingerprint density at radius 2 is 1.72 bits per heavy atom. The first-order valence-electron chi connectivity index (χ1n) is 8.63. The molecule has 3 rings (SSSR count). The van der Waals surface area contributed by atoms with Crippen LogP contribution in [0.4, 0.5) is 0 Å². The number of nitrogens with zero attached hydrogens (tertiary/aromatic N) is 2. The van der Waals surface area contributed by atoms with Crippen molar-refractivity contribution in [2.45, 2.75) is 13.0 Å². The largest absolute Gasteiger partial charge is 0.484 e. The Labute approximate surface area is 154 Å². The molecule has 0 aliphatic carbocycles. The number of carbonyl (C=O) groups is 1. The van der Waals surface area contributed by atoms with Crippen molar-refractivity contribution in [3.8, 4) is 5.75 Å². The average molecular weight is 359 g/mol. The van der Waals surface area contributed by atoms with Crippen LogP contribution in [0.1, 0.15) is 12.0 Å². The lowest BCUT2D eigenvalue weighted by Gasteiger charge is -2.22. The Balaban J connectivity index is 1.47. The third-order valence-corrected chi connectivity index (χ3v) is 4.62. The minimum absolute atomic E-state index is 0.0530. The molecule has 0 atom stereocenters. The van der Waals surface area contributed by atoms with Gasteiger partial charge in [-0.3, -0.25) is 9.69 Å². The van der Waals surface area contributed by atoms with Gasteiger partial charge in [0.15, 0.2) is 6.61 Å². The molecular weight excluding hydrogens is 336 g/mol. The summed E-state index contributed by atoms with van der Waals surface area (Å²) in [6.45, 7) is 4.38. The average Bonchev–Trinajstić information content (AvgIpc) is 2.88. The van der Waals surface area contributed by atoms with E-state index in [9.17, 15) is 4.79 Å². The van der Waals surface area contributed by atoms with E-state index in [1.54, 1.807) is 0 Å². The van der Waals surface area contributed by atoms with Crippen molar-refractivity contribution >= 4 is 17.5 Å². The predicted octanol–water partition coefficient (Wildman–Crippen LogP) is 3.45. The van der Waals surface area contributed by atoms with Gasteiger partial charge in [-0.15, -0.1) is 0 Å². The number of halogens is 1. The van der Waals surface area contributed by atoms with E-state index in [2.05, 4.69) is 17.0 Å². The highest BCUT2D eigenvalue weighted by Gasteiger charge is 2.19. The molecular formula is C20H23ClN2O2. The topological polar surface area (TPSA) is 32.8 Å². The van der Waals surface area contributed by atoms with Gasteiger partial charge in [-0.05, 0) is 36.2 Å². The summed E-state index contributed by atoms with van der Waals surface area (Å²) in [5, 5.41) is 0.759. The Bertz CT molecular complexity index is 676. The van der Waals surface area contributed by atoms with Gasteiger partial charge in [-0.2, -0.15) is 0 Å². The molecule has 132 valence electrons. The third kappa shape index (κ3) is 5.48. The minimum atomic E-state index is 0.0530. The first-order chi connectivity index (χ1) is 12.2. The van der Waals surface area contributed by atoms with E-state index >= 15 is 0 Å². The van der Waals surface area contributed by atoms with Gasteiger partial charge in [0.2, 0.25) is 0 Å². The van der Waals surface area contributed by atoms with Gasteiger partial charge in [0.05, 0.1) is 0 Å². The monoisotopic (exact) mass is 358 g/mol. The summed E-state index contributed by atoms with van der Waals surface area (Å²) < 4.78 is 5.58. The van der Waals surface area contributed by atoms with E-state index in [1.807, 2.05) is 47.4 Å². The van der Waals surface area contributed by atoms with Crippen molar-refractivity contribution in [1.29, 1.82) is 0 Å². The molecule has 5 heteroatoms. The fourth-order valence-corrected chi connectivity index (χ4v) is 3.11. The number of rotatable bonds is 5. The Kier molecular flexibility index (Phi) is 6.31. The van der Waals surface area contributed by atoms with Crippen LogP contribution in [0.2, 0.25) is 5.02 Å². The lowest BCUT2D eigenvalue weighted by atomic mass is 10.2. The predicted molar refractivity (Wildman–Crippen MR) is 99.9 cm³/mol. The molecule has 2 aromatic rings. The van der Waals surface area contributed by atoms with Crippen LogP contribution in [-0.2, 0) is 11.3 Å². The Morgan fingerprint density at radius 3 is 2.48 bits per heavy atom. The van der Waals surface area contributed by atoms with Gasteiger partial charge in [-0.25, -0.2) is 0 Å². The number of hydrogen-bond donors (Lipinski definition) is 0. The van der Waals surface area contributed by atoms with Crippen LogP contribution in [0.3, 0.4) is 0 Å². The molecule has 0 spiro atoms. The molecule has 2 aromatic carbocycles. The van der Waals surface area contributed by atoms with Crippen LogP contribution < -0.4 is 4.74 Å². The van der Waals surface area contributed by atoms with E-state index in [0.717, 1.165) is 49.9 Å². The van der Waals surface area contributed by atoms with Gasteiger partial charge in [0.25, 0.3) is 5.91 Å². The van der Waals surface area contributed by atoms with Crippen LogP contribution in [-0.4, -0.2) is 48.5 Å². The van der Waals surface area contributed by atoms with E-state index in [1.165, 1.54) is 5.56 Å². The highest BCUT2D eigenvalue weighted by atomic mass is 35.5. The summed E-state index contributed by atoms with van der Waals surface area (Å²) in [5.41, 5.74) is 1.25. The van der Waals surface area contributed by atoms with Crippen LogP contribution in [0.5, 0.6) is 5.75 Å². The summed E-state index contributed by atoms with van der Waals surface area (Å²) in [6, 6.07) is 17.4. The first kappa shape index (κ1) is 17.8. The van der Waals surface area contributed by atoms with E-state index < -0.39 is 0 Å². The zero-order valence-electron chi connectivity index (χ0n) is 14.2. The first-order valence-corrected chi connectivity index (χ1v) is 9.01. The Morgan fingerprint density at radius 1 is 0.960 bits per heavy atom. The molecule has 4 nitrogen and oxygen atoms in total. The molecule has 0 bridgehead atoms. The highest BCUT2D eigenvalue weighted by molar-refractivity contribution is 6.30. The SMILES string of the molecule is O=C(COc1ccccc1)N1CCCN(Cc2ccc(Cl)cc2)CC1. The van der Waals surface area contributed by atoms with E-state index in [-0.39, 0.29) is 12.5 Å². The Hall–Kier alpha value is -2.04.